The molecule has 0 aliphatic rings. The highest BCUT2D eigenvalue weighted by Gasteiger charge is 2.32. The minimum absolute atomic E-state index is 0.0458. The maximum atomic E-state index is 12.5. The Labute approximate surface area is 152 Å². The van der Waals surface area contributed by atoms with E-state index in [-0.39, 0.29) is 36.8 Å². The molecule has 0 saturated carbocycles. The molecular weight excluding hydrogens is 334 g/mol. The van der Waals surface area contributed by atoms with Crippen LogP contribution in [0.4, 0.5) is 0 Å². The number of carbonyl (C=O) groups is 2. The van der Waals surface area contributed by atoms with Gasteiger partial charge in [-0.1, -0.05) is 26.0 Å². The lowest BCUT2D eigenvalue weighted by molar-refractivity contribution is -0.139. The molecule has 1 atom stereocenters. The molecule has 1 unspecified atom stereocenters. The van der Waals surface area contributed by atoms with E-state index < -0.39 is 11.5 Å². The Morgan fingerprint density at radius 2 is 2.04 bits per heavy atom. The van der Waals surface area contributed by atoms with E-state index in [9.17, 15) is 14.4 Å². The van der Waals surface area contributed by atoms with Crippen molar-refractivity contribution in [2.24, 2.45) is 5.92 Å². The van der Waals surface area contributed by atoms with Crippen molar-refractivity contribution in [1.82, 2.24) is 14.9 Å². The molecular formula is C19H25N3O4. The highest BCUT2D eigenvalue weighted by molar-refractivity contribution is 5.80. The fourth-order valence-electron chi connectivity index (χ4n) is 2.81. The van der Waals surface area contributed by atoms with Crippen LogP contribution in [0.2, 0.25) is 0 Å². The molecule has 0 aliphatic heterocycles. The van der Waals surface area contributed by atoms with Gasteiger partial charge in [-0.25, -0.2) is 4.98 Å². The zero-order valence-corrected chi connectivity index (χ0v) is 15.6. The number of carboxylic acids is 1. The van der Waals surface area contributed by atoms with Gasteiger partial charge in [0.1, 0.15) is 0 Å². The summed E-state index contributed by atoms with van der Waals surface area (Å²) in [4.78, 5) is 40.2. The van der Waals surface area contributed by atoms with Crippen LogP contribution in [-0.4, -0.2) is 32.1 Å². The highest BCUT2D eigenvalue weighted by atomic mass is 16.4. The van der Waals surface area contributed by atoms with E-state index in [2.05, 4.69) is 10.3 Å². The molecule has 2 rings (SSSR count). The molecule has 0 spiro atoms. The van der Waals surface area contributed by atoms with E-state index in [0.29, 0.717) is 10.9 Å². The van der Waals surface area contributed by atoms with E-state index in [4.69, 9.17) is 5.11 Å². The normalized spacial score (nSPS) is 13.6. The van der Waals surface area contributed by atoms with E-state index in [1.807, 2.05) is 26.8 Å². The van der Waals surface area contributed by atoms with Crippen LogP contribution in [0, 0.1) is 12.8 Å². The average molecular weight is 359 g/mol. The van der Waals surface area contributed by atoms with Gasteiger partial charge in [0.15, 0.2) is 0 Å². The van der Waals surface area contributed by atoms with E-state index in [1.165, 1.54) is 10.9 Å². The number of benzene rings is 1. The number of nitrogens with one attached hydrogen (secondary N) is 1. The van der Waals surface area contributed by atoms with Crippen LogP contribution >= 0.6 is 0 Å². The van der Waals surface area contributed by atoms with Crippen LogP contribution in [0.1, 0.15) is 39.2 Å². The van der Waals surface area contributed by atoms with Crippen LogP contribution in [0.3, 0.4) is 0 Å². The summed E-state index contributed by atoms with van der Waals surface area (Å²) in [5, 5.41) is 12.4. The van der Waals surface area contributed by atoms with Crippen LogP contribution in [-0.2, 0) is 16.1 Å². The number of hydrogen-bond donors (Lipinski definition) is 2. The lowest BCUT2D eigenvalue weighted by atomic mass is 9.85. The molecule has 7 heteroatoms. The smallest absolute Gasteiger partial charge is 0.305 e. The molecule has 0 aliphatic carbocycles. The third-order valence-electron chi connectivity index (χ3n) is 4.85. The lowest BCUT2D eigenvalue weighted by Crippen LogP contribution is -2.51. The van der Waals surface area contributed by atoms with Crippen molar-refractivity contribution in [1.29, 1.82) is 0 Å². The number of aryl methyl sites for hydroxylation is 2. The summed E-state index contributed by atoms with van der Waals surface area (Å²) in [6, 6.07) is 5.41. The molecule has 0 bridgehead atoms. The first-order valence-electron chi connectivity index (χ1n) is 8.61. The first-order chi connectivity index (χ1) is 12.1. The molecule has 0 saturated heterocycles. The monoisotopic (exact) mass is 359 g/mol. The molecule has 140 valence electrons. The number of para-hydroxylation sites is 1. The summed E-state index contributed by atoms with van der Waals surface area (Å²) >= 11 is 0. The van der Waals surface area contributed by atoms with Gasteiger partial charge >= 0.3 is 5.97 Å². The second-order valence-corrected chi connectivity index (χ2v) is 7.16. The largest absolute Gasteiger partial charge is 0.481 e. The molecule has 1 heterocycles. The molecule has 0 fully saturated rings. The molecule has 0 radical (unpaired) electrons. The van der Waals surface area contributed by atoms with Crippen LogP contribution in [0.5, 0.6) is 0 Å². The molecule has 2 aromatic rings. The number of aliphatic carboxylic acids is 1. The number of carbonyl (C=O) groups excluding carboxylic acids is 1. The zero-order chi connectivity index (χ0) is 19.5. The van der Waals surface area contributed by atoms with Crippen molar-refractivity contribution in [2.75, 3.05) is 0 Å². The van der Waals surface area contributed by atoms with Gasteiger partial charge in [-0.05, 0) is 31.4 Å². The van der Waals surface area contributed by atoms with Crippen molar-refractivity contribution in [3.63, 3.8) is 0 Å². The number of hydrogen-bond acceptors (Lipinski definition) is 4. The fraction of sp³-hybridized carbons (Fsp3) is 0.474. The van der Waals surface area contributed by atoms with Crippen molar-refractivity contribution in [3.05, 3.63) is 40.4 Å². The summed E-state index contributed by atoms with van der Waals surface area (Å²) < 4.78 is 1.41. The second kappa shape index (κ2) is 7.68. The molecule has 1 aromatic carbocycles. The van der Waals surface area contributed by atoms with Gasteiger partial charge in [-0.3, -0.25) is 19.0 Å². The topological polar surface area (TPSA) is 101 Å². The van der Waals surface area contributed by atoms with Gasteiger partial charge in [0.2, 0.25) is 5.91 Å². The standard InChI is InChI=1S/C19H25N3O4/c1-12(2)19(4,10-16(24)25)21-15(23)8-9-22-11-20-17-13(3)6-5-7-14(17)18(22)26/h5-7,11-12H,8-10H2,1-4H3,(H,21,23)(H,24,25). The quantitative estimate of drug-likeness (QED) is 0.788. The molecule has 26 heavy (non-hydrogen) atoms. The Bertz CT molecular complexity index is 888. The Morgan fingerprint density at radius 3 is 2.65 bits per heavy atom. The van der Waals surface area contributed by atoms with Crippen LogP contribution in [0.25, 0.3) is 10.9 Å². The van der Waals surface area contributed by atoms with Crippen molar-refractivity contribution in [2.45, 2.75) is 52.6 Å². The minimum atomic E-state index is -0.966. The van der Waals surface area contributed by atoms with Crippen LogP contribution < -0.4 is 10.9 Å². The molecule has 1 amide bonds. The van der Waals surface area contributed by atoms with Gasteiger partial charge in [0, 0.05) is 18.5 Å². The van der Waals surface area contributed by atoms with Gasteiger partial charge in [-0.2, -0.15) is 0 Å². The van der Waals surface area contributed by atoms with Crippen LogP contribution in [0.15, 0.2) is 29.3 Å². The first-order valence-corrected chi connectivity index (χ1v) is 8.61. The SMILES string of the molecule is Cc1cccc2c(=O)n(CCC(=O)NC(C)(CC(=O)O)C(C)C)cnc12. The third kappa shape index (κ3) is 4.28. The van der Waals surface area contributed by atoms with E-state index >= 15 is 0 Å². The molecule has 2 N–H and O–H groups in total. The fourth-order valence-corrected chi connectivity index (χ4v) is 2.81. The Balaban J connectivity index is 2.12. The summed E-state index contributed by atoms with van der Waals surface area (Å²) in [7, 11) is 0. The van der Waals surface area contributed by atoms with E-state index in [0.717, 1.165) is 5.56 Å². The number of amides is 1. The highest BCUT2D eigenvalue weighted by Crippen LogP contribution is 2.21. The predicted octanol–water partition coefficient (Wildman–Crippen LogP) is 2.10. The van der Waals surface area contributed by atoms with Crippen molar-refractivity contribution < 1.29 is 14.7 Å². The number of nitrogens with zero attached hydrogens (tertiary/aromatic N) is 2. The van der Waals surface area contributed by atoms with Gasteiger partial charge in [0.05, 0.1) is 23.7 Å². The Morgan fingerprint density at radius 1 is 1.35 bits per heavy atom. The predicted molar refractivity (Wildman–Crippen MR) is 99.0 cm³/mol. The van der Waals surface area contributed by atoms with Gasteiger partial charge in [0.25, 0.3) is 5.56 Å². The zero-order valence-electron chi connectivity index (χ0n) is 15.6. The average Bonchev–Trinajstić information content (AvgIpc) is 2.54. The van der Waals surface area contributed by atoms with Crippen molar-refractivity contribution >= 4 is 22.8 Å². The molecule has 1 aromatic heterocycles. The number of fused-ring (bicyclic) bond motifs is 1. The number of carboxylic acid groups (broad SMARTS) is 1. The Hall–Kier alpha value is -2.70. The van der Waals surface area contributed by atoms with Crippen molar-refractivity contribution in [3.8, 4) is 0 Å². The minimum Gasteiger partial charge on any atom is -0.481 e. The third-order valence-corrected chi connectivity index (χ3v) is 4.85. The van der Waals surface area contributed by atoms with E-state index in [1.54, 1.807) is 19.1 Å². The second-order valence-electron chi connectivity index (χ2n) is 7.16. The summed E-state index contributed by atoms with van der Waals surface area (Å²) in [6.07, 6.45) is 1.36. The molecule has 7 nitrogen and oxygen atoms in total. The Kier molecular flexibility index (Phi) is 5.79. The maximum Gasteiger partial charge on any atom is 0.305 e. The summed E-state index contributed by atoms with van der Waals surface area (Å²) in [6.45, 7) is 7.52. The summed E-state index contributed by atoms with van der Waals surface area (Å²) in [5.74, 6) is -1.30. The lowest BCUT2D eigenvalue weighted by Gasteiger charge is -2.33. The first kappa shape index (κ1) is 19.6. The maximum absolute atomic E-state index is 12.5. The number of rotatable bonds is 7. The van der Waals surface area contributed by atoms with Gasteiger partial charge < -0.3 is 10.4 Å². The number of aromatic nitrogens is 2. The summed E-state index contributed by atoms with van der Waals surface area (Å²) in [5.41, 5.74) is 0.550. The van der Waals surface area contributed by atoms with Gasteiger partial charge in [-0.15, -0.1) is 0 Å².